The average Bonchev–Trinajstić information content (AvgIpc) is 2.43. The van der Waals surface area contributed by atoms with Gasteiger partial charge in [-0.25, -0.2) is 0 Å². The van der Waals surface area contributed by atoms with E-state index >= 15 is 0 Å². The summed E-state index contributed by atoms with van der Waals surface area (Å²) in [7, 11) is 1.69. The predicted molar refractivity (Wildman–Crippen MR) is 84.9 cm³/mol. The van der Waals surface area contributed by atoms with Gasteiger partial charge >= 0.3 is 0 Å². The molecule has 0 aliphatic carbocycles. The second-order valence-corrected chi connectivity index (χ2v) is 5.45. The standard InChI is InChI=1S/C15H25BrN2O/c1-5-18(6-2)10-9-17-12(3)13-7-8-15(19-4)14(16)11-13/h7-8,11-12,17H,5-6,9-10H2,1-4H3. The van der Waals surface area contributed by atoms with Crippen molar-refractivity contribution < 1.29 is 4.74 Å². The van der Waals surface area contributed by atoms with E-state index in [1.54, 1.807) is 7.11 Å². The van der Waals surface area contributed by atoms with Gasteiger partial charge in [-0.2, -0.15) is 0 Å². The molecule has 0 saturated carbocycles. The molecule has 3 nitrogen and oxygen atoms in total. The second-order valence-electron chi connectivity index (χ2n) is 4.60. The summed E-state index contributed by atoms with van der Waals surface area (Å²) in [6.07, 6.45) is 0. The normalized spacial score (nSPS) is 12.7. The van der Waals surface area contributed by atoms with E-state index in [0.29, 0.717) is 6.04 Å². The summed E-state index contributed by atoms with van der Waals surface area (Å²) in [5.41, 5.74) is 1.27. The van der Waals surface area contributed by atoms with Gasteiger partial charge < -0.3 is 15.0 Å². The van der Waals surface area contributed by atoms with Crippen molar-refractivity contribution in [2.75, 3.05) is 33.3 Å². The summed E-state index contributed by atoms with van der Waals surface area (Å²) in [4.78, 5) is 2.42. The molecule has 108 valence electrons. The molecule has 19 heavy (non-hydrogen) atoms. The number of benzene rings is 1. The molecule has 0 bridgehead atoms. The van der Waals surface area contributed by atoms with Crippen LogP contribution in [0.2, 0.25) is 0 Å². The molecule has 0 fully saturated rings. The Bertz CT molecular complexity index is 380. The van der Waals surface area contributed by atoms with Crippen LogP contribution in [0.1, 0.15) is 32.4 Å². The van der Waals surface area contributed by atoms with Gasteiger partial charge in [0.2, 0.25) is 0 Å². The molecule has 1 aromatic carbocycles. The molecule has 1 aromatic rings. The molecule has 0 heterocycles. The predicted octanol–water partition coefficient (Wildman–Crippen LogP) is 3.45. The minimum Gasteiger partial charge on any atom is -0.496 e. The summed E-state index contributed by atoms with van der Waals surface area (Å²) in [6.45, 7) is 10.9. The smallest absolute Gasteiger partial charge is 0.133 e. The quantitative estimate of drug-likeness (QED) is 0.791. The number of rotatable bonds is 8. The highest BCUT2D eigenvalue weighted by Gasteiger charge is 2.08. The van der Waals surface area contributed by atoms with Crippen molar-refractivity contribution in [3.05, 3.63) is 28.2 Å². The third-order valence-corrected chi connectivity index (χ3v) is 4.07. The molecule has 0 saturated heterocycles. The summed E-state index contributed by atoms with van der Waals surface area (Å²) in [6, 6.07) is 6.58. The van der Waals surface area contributed by atoms with Gasteiger partial charge in [-0.1, -0.05) is 19.9 Å². The van der Waals surface area contributed by atoms with E-state index in [-0.39, 0.29) is 0 Å². The number of likely N-dealkylation sites (N-methyl/N-ethyl adjacent to an activating group) is 1. The van der Waals surface area contributed by atoms with Crippen LogP contribution in [0, 0.1) is 0 Å². The molecular weight excluding hydrogens is 304 g/mol. The van der Waals surface area contributed by atoms with Crippen LogP contribution in [0.5, 0.6) is 5.75 Å². The van der Waals surface area contributed by atoms with Crippen LogP contribution in [0.25, 0.3) is 0 Å². The summed E-state index contributed by atoms with van der Waals surface area (Å²) in [5, 5.41) is 3.56. The topological polar surface area (TPSA) is 24.5 Å². The van der Waals surface area contributed by atoms with Crippen LogP contribution < -0.4 is 10.1 Å². The van der Waals surface area contributed by atoms with E-state index in [9.17, 15) is 0 Å². The molecular formula is C15H25BrN2O. The highest BCUT2D eigenvalue weighted by molar-refractivity contribution is 9.10. The third kappa shape index (κ3) is 5.13. The minimum atomic E-state index is 0.345. The molecule has 4 heteroatoms. The van der Waals surface area contributed by atoms with Crippen LogP contribution >= 0.6 is 15.9 Å². The maximum atomic E-state index is 5.25. The SMILES string of the molecule is CCN(CC)CCNC(C)c1ccc(OC)c(Br)c1. The van der Waals surface area contributed by atoms with Gasteiger partial charge in [0.25, 0.3) is 0 Å². The summed E-state index contributed by atoms with van der Waals surface area (Å²) in [5.74, 6) is 0.874. The maximum absolute atomic E-state index is 5.25. The van der Waals surface area contributed by atoms with Crippen molar-refractivity contribution in [2.45, 2.75) is 26.8 Å². The Labute approximate surface area is 125 Å². The molecule has 1 rings (SSSR count). The first-order valence-corrected chi connectivity index (χ1v) is 7.70. The lowest BCUT2D eigenvalue weighted by Gasteiger charge is -2.21. The van der Waals surface area contributed by atoms with E-state index in [1.807, 2.05) is 6.07 Å². The van der Waals surface area contributed by atoms with Crippen LogP contribution in [-0.2, 0) is 0 Å². The number of nitrogens with one attached hydrogen (secondary N) is 1. The minimum absolute atomic E-state index is 0.345. The number of methoxy groups -OCH3 is 1. The van der Waals surface area contributed by atoms with E-state index in [1.165, 1.54) is 5.56 Å². The van der Waals surface area contributed by atoms with E-state index < -0.39 is 0 Å². The van der Waals surface area contributed by atoms with Crippen LogP contribution in [0.3, 0.4) is 0 Å². The molecule has 0 spiro atoms. The highest BCUT2D eigenvalue weighted by atomic mass is 79.9. The Morgan fingerprint density at radius 1 is 1.32 bits per heavy atom. The van der Waals surface area contributed by atoms with Gasteiger partial charge in [-0.15, -0.1) is 0 Å². The van der Waals surface area contributed by atoms with Crippen molar-refractivity contribution in [3.63, 3.8) is 0 Å². The Kier molecular flexibility index (Phi) is 7.42. The first-order chi connectivity index (χ1) is 9.12. The zero-order chi connectivity index (χ0) is 14.3. The highest BCUT2D eigenvalue weighted by Crippen LogP contribution is 2.27. The van der Waals surface area contributed by atoms with Crippen molar-refractivity contribution in [1.82, 2.24) is 10.2 Å². The van der Waals surface area contributed by atoms with E-state index in [0.717, 1.165) is 36.4 Å². The lowest BCUT2D eigenvalue weighted by Crippen LogP contribution is -2.33. The van der Waals surface area contributed by atoms with Crippen molar-refractivity contribution >= 4 is 15.9 Å². The first-order valence-electron chi connectivity index (χ1n) is 6.91. The number of nitrogens with zero attached hydrogens (tertiary/aromatic N) is 1. The lowest BCUT2D eigenvalue weighted by atomic mass is 10.1. The number of hydrogen-bond acceptors (Lipinski definition) is 3. The van der Waals surface area contributed by atoms with Crippen LogP contribution in [-0.4, -0.2) is 38.2 Å². The molecule has 0 aromatic heterocycles. The fourth-order valence-corrected chi connectivity index (χ4v) is 2.61. The van der Waals surface area contributed by atoms with Crippen LogP contribution in [0.15, 0.2) is 22.7 Å². The Balaban J connectivity index is 2.49. The van der Waals surface area contributed by atoms with Gasteiger partial charge in [0.1, 0.15) is 5.75 Å². The number of halogens is 1. The fourth-order valence-electron chi connectivity index (χ4n) is 2.05. The molecule has 1 N–H and O–H groups in total. The Morgan fingerprint density at radius 2 is 2.00 bits per heavy atom. The monoisotopic (exact) mass is 328 g/mol. The van der Waals surface area contributed by atoms with Crippen molar-refractivity contribution in [3.8, 4) is 5.75 Å². The fraction of sp³-hybridized carbons (Fsp3) is 0.600. The van der Waals surface area contributed by atoms with Gasteiger partial charge in [0, 0.05) is 19.1 Å². The average molecular weight is 329 g/mol. The first kappa shape index (κ1) is 16.5. The van der Waals surface area contributed by atoms with Crippen molar-refractivity contribution in [2.24, 2.45) is 0 Å². The van der Waals surface area contributed by atoms with E-state index in [2.05, 4.69) is 59.1 Å². The number of ether oxygens (including phenoxy) is 1. The van der Waals surface area contributed by atoms with Crippen LogP contribution in [0.4, 0.5) is 0 Å². The molecule has 1 atom stereocenters. The molecule has 0 radical (unpaired) electrons. The zero-order valence-electron chi connectivity index (χ0n) is 12.4. The van der Waals surface area contributed by atoms with Gasteiger partial charge in [0.05, 0.1) is 11.6 Å². The molecule has 0 aliphatic heterocycles. The van der Waals surface area contributed by atoms with Crippen molar-refractivity contribution in [1.29, 1.82) is 0 Å². The zero-order valence-corrected chi connectivity index (χ0v) is 14.0. The van der Waals surface area contributed by atoms with Gasteiger partial charge in [-0.3, -0.25) is 0 Å². The number of hydrogen-bond donors (Lipinski definition) is 1. The second kappa shape index (κ2) is 8.56. The summed E-state index contributed by atoms with van der Waals surface area (Å²) < 4.78 is 6.25. The van der Waals surface area contributed by atoms with E-state index in [4.69, 9.17) is 4.74 Å². The van der Waals surface area contributed by atoms with Gasteiger partial charge in [-0.05, 0) is 53.6 Å². The molecule has 0 amide bonds. The Hall–Kier alpha value is -0.580. The van der Waals surface area contributed by atoms with Gasteiger partial charge in [0.15, 0.2) is 0 Å². The Morgan fingerprint density at radius 3 is 2.53 bits per heavy atom. The largest absolute Gasteiger partial charge is 0.496 e. The lowest BCUT2D eigenvalue weighted by molar-refractivity contribution is 0.298. The molecule has 1 unspecified atom stereocenters. The third-order valence-electron chi connectivity index (χ3n) is 3.45. The summed E-state index contributed by atoms with van der Waals surface area (Å²) >= 11 is 3.53. The molecule has 0 aliphatic rings. The maximum Gasteiger partial charge on any atom is 0.133 e.